The van der Waals surface area contributed by atoms with Crippen LogP contribution < -0.4 is 0 Å². The van der Waals surface area contributed by atoms with E-state index in [1.54, 1.807) is 0 Å². The van der Waals surface area contributed by atoms with E-state index < -0.39 is 13.8 Å². The predicted octanol–water partition coefficient (Wildman–Crippen LogP) is -1.14. The number of hydrogen-bond acceptors (Lipinski definition) is 3. The van der Waals surface area contributed by atoms with Crippen LogP contribution in [0.5, 0.6) is 0 Å². The van der Waals surface area contributed by atoms with Gasteiger partial charge in [-0.15, -0.1) is 0 Å². The number of carboxylic acid groups (broad SMARTS) is 2. The lowest BCUT2D eigenvalue weighted by Gasteiger charge is -1.82. The summed E-state index contributed by atoms with van der Waals surface area (Å²) in [5.74, 6) is -0.833. The molecule has 0 spiro atoms. The minimum atomic E-state index is -4.64. The number of phosphoric acid groups is 1. The van der Waals surface area contributed by atoms with Gasteiger partial charge in [0, 0.05) is 6.92 Å². The van der Waals surface area contributed by atoms with Gasteiger partial charge >= 0.3 is 7.82 Å². The molecule has 0 aromatic heterocycles. The molecule has 8 nitrogen and oxygen atoms in total. The zero-order chi connectivity index (χ0) is 10.8. The number of carbonyl (C=O) groups is 2. The monoisotopic (exact) mass is 204 g/mol. The van der Waals surface area contributed by atoms with E-state index in [9.17, 15) is 0 Å². The second kappa shape index (κ2) is 10.0. The van der Waals surface area contributed by atoms with E-state index in [-0.39, 0.29) is 6.47 Å². The van der Waals surface area contributed by atoms with E-state index in [1.165, 1.54) is 0 Å². The first-order valence-corrected chi connectivity index (χ1v) is 3.77. The average molecular weight is 204 g/mol. The highest BCUT2D eigenvalue weighted by Gasteiger charge is 2.00. The Morgan fingerprint density at radius 1 is 1.33 bits per heavy atom. The van der Waals surface area contributed by atoms with Crippen molar-refractivity contribution in [2.24, 2.45) is 0 Å². The first-order chi connectivity index (χ1) is 5.15. The molecule has 0 aromatic rings. The van der Waals surface area contributed by atoms with Crippen LogP contribution in [0.25, 0.3) is 0 Å². The maximum Gasteiger partial charge on any atom is 0.466 e. The van der Waals surface area contributed by atoms with Crippen molar-refractivity contribution in [1.82, 2.24) is 0 Å². The highest BCUT2D eigenvalue weighted by molar-refractivity contribution is 7.45. The molecule has 0 radical (unpaired) electrons. The molecular formula is C3H9O8P. The maximum absolute atomic E-state index is 9.00. The number of aliphatic carboxylic acids is 1. The molecule has 0 fully saturated rings. The maximum atomic E-state index is 9.00. The van der Waals surface area contributed by atoms with Crippen molar-refractivity contribution in [2.45, 2.75) is 6.92 Å². The first kappa shape index (κ1) is 17.2. The fourth-order valence-corrected chi connectivity index (χ4v) is 0. The lowest BCUT2D eigenvalue weighted by Crippen LogP contribution is -1.78. The second-order valence-corrected chi connectivity index (χ2v) is 2.16. The van der Waals surface area contributed by atoms with Gasteiger partial charge in [0.15, 0.2) is 0 Å². The quantitative estimate of drug-likeness (QED) is 0.245. The lowest BCUT2D eigenvalue weighted by molar-refractivity contribution is -0.134. The van der Waals surface area contributed by atoms with Crippen LogP contribution in [0, 0.1) is 0 Å². The standard InChI is InChI=1S/C2H4O2.CH2O2.H3O4P/c1-2(3)4;2-1-3;1-5(2,3)4/h1H3,(H,3,4);1H,(H,2,3);(H3,1,2,3,4). The van der Waals surface area contributed by atoms with Crippen molar-refractivity contribution < 1.29 is 39.0 Å². The molecule has 0 rings (SSSR count). The van der Waals surface area contributed by atoms with E-state index in [0.29, 0.717) is 0 Å². The smallest absolute Gasteiger partial charge is 0.466 e. The van der Waals surface area contributed by atoms with Crippen molar-refractivity contribution in [2.75, 3.05) is 0 Å². The molecule has 74 valence electrons. The molecule has 0 saturated carbocycles. The fraction of sp³-hybridized carbons (Fsp3) is 0.333. The average Bonchev–Trinajstić information content (AvgIpc) is 1.56. The van der Waals surface area contributed by atoms with E-state index >= 15 is 0 Å². The molecule has 0 unspecified atom stereocenters. The Kier molecular flexibility index (Phi) is 14.4. The third-order valence-corrected chi connectivity index (χ3v) is 0. The lowest BCUT2D eigenvalue weighted by atomic mass is 10.9. The molecule has 5 N–H and O–H groups in total. The van der Waals surface area contributed by atoms with Crippen LogP contribution in [0.3, 0.4) is 0 Å². The van der Waals surface area contributed by atoms with E-state index in [2.05, 4.69) is 0 Å². The zero-order valence-electron chi connectivity index (χ0n) is 5.99. The molecule has 0 aliphatic rings. The van der Waals surface area contributed by atoms with Crippen LogP contribution in [0.15, 0.2) is 0 Å². The van der Waals surface area contributed by atoms with Gasteiger partial charge in [0.05, 0.1) is 0 Å². The largest absolute Gasteiger partial charge is 0.483 e. The van der Waals surface area contributed by atoms with Gasteiger partial charge in [-0.25, -0.2) is 4.57 Å². The summed E-state index contributed by atoms with van der Waals surface area (Å²) in [4.78, 5) is 38.9. The minimum absolute atomic E-state index is 0.250. The second-order valence-electron chi connectivity index (χ2n) is 1.14. The summed E-state index contributed by atoms with van der Waals surface area (Å²) in [6.45, 7) is 0.833. The number of carboxylic acids is 1. The van der Waals surface area contributed by atoms with Gasteiger partial charge in [-0.2, -0.15) is 0 Å². The first-order valence-electron chi connectivity index (χ1n) is 2.20. The predicted molar refractivity (Wildman–Crippen MR) is 36.3 cm³/mol. The van der Waals surface area contributed by atoms with Gasteiger partial charge in [0.1, 0.15) is 0 Å². The van der Waals surface area contributed by atoms with Crippen molar-refractivity contribution in [3.8, 4) is 0 Å². The van der Waals surface area contributed by atoms with Crippen molar-refractivity contribution in [1.29, 1.82) is 0 Å². The summed E-state index contributed by atoms with van der Waals surface area (Å²) in [7, 11) is -4.64. The van der Waals surface area contributed by atoms with Crippen LogP contribution in [-0.4, -0.2) is 37.3 Å². The van der Waals surface area contributed by atoms with E-state index in [4.69, 9.17) is 39.0 Å². The Morgan fingerprint density at radius 3 is 1.33 bits per heavy atom. The molecule has 0 aliphatic carbocycles. The topological polar surface area (TPSA) is 152 Å². The molecular weight excluding hydrogens is 195 g/mol. The molecule has 0 atom stereocenters. The Bertz CT molecular complexity index is 145. The third kappa shape index (κ3) is 650. The van der Waals surface area contributed by atoms with Gasteiger partial charge in [-0.1, -0.05) is 0 Å². The highest BCUT2D eigenvalue weighted by atomic mass is 31.2. The molecule has 0 saturated heterocycles. The summed E-state index contributed by atoms with van der Waals surface area (Å²) in [6, 6.07) is 0. The Labute approximate surface area is 67.3 Å². The van der Waals surface area contributed by atoms with Gasteiger partial charge in [0.2, 0.25) is 0 Å². The van der Waals surface area contributed by atoms with Gasteiger partial charge in [-0.3, -0.25) is 9.59 Å². The van der Waals surface area contributed by atoms with Crippen LogP contribution in [0.4, 0.5) is 0 Å². The van der Waals surface area contributed by atoms with Crippen molar-refractivity contribution in [3.63, 3.8) is 0 Å². The molecule has 0 heterocycles. The third-order valence-electron chi connectivity index (χ3n) is 0. The molecule has 12 heavy (non-hydrogen) atoms. The molecule has 0 aromatic carbocycles. The Hall–Kier alpha value is -0.950. The fourth-order valence-electron chi connectivity index (χ4n) is 0. The van der Waals surface area contributed by atoms with Gasteiger partial charge < -0.3 is 24.9 Å². The molecule has 0 bridgehead atoms. The summed E-state index contributed by atoms with van der Waals surface area (Å²) >= 11 is 0. The van der Waals surface area contributed by atoms with Gasteiger partial charge in [-0.05, 0) is 0 Å². The van der Waals surface area contributed by atoms with Crippen molar-refractivity contribution >= 4 is 20.3 Å². The molecule has 9 heteroatoms. The number of rotatable bonds is 0. The van der Waals surface area contributed by atoms with Gasteiger partial charge in [0.25, 0.3) is 12.4 Å². The van der Waals surface area contributed by atoms with Crippen LogP contribution in [0.2, 0.25) is 0 Å². The molecule has 0 aliphatic heterocycles. The van der Waals surface area contributed by atoms with Crippen LogP contribution in [0.1, 0.15) is 6.92 Å². The Balaban J connectivity index is -0.000000105. The minimum Gasteiger partial charge on any atom is -0.483 e. The van der Waals surface area contributed by atoms with Crippen molar-refractivity contribution in [3.05, 3.63) is 0 Å². The highest BCUT2D eigenvalue weighted by Crippen LogP contribution is 2.25. The zero-order valence-corrected chi connectivity index (χ0v) is 6.88. The Morgan fingerprint density at radius 2 is 1.33 bits per heavy atom. The van der Waals surface area contributed by atoms with Crippen LogP contribution in [-0.2, 0) is 14.2 Å². The number of hydrogen-bond donors (Lipinski definition) is 5. The normalized spacial score (nSPS) is 8.00. The SMILES string of the molecule is CC(=O)O.O=CO.O=P(O)(O)O. The molecule has 0 amide bonds. The van der Waals surface area contributed by atoms with Crippen LogP contribution >= 0.6 is 7.82 Å². The summed E-state index contributed by atoms with van der Waals surface area (Å²) < 4.78 is 8.88. The summed E-state index contributed by atoms with van der Waals surface area (Å²) in [5, 5.41) is 14.3. The van der Waals surface area contributed by atoms with E-state index in [0.717, 1.165) is 6.92 Å². The summed E-state index contributed by atoms with van der Waals surface area (Å²) in [6.07, 6.45) is 0. The van der Waals surface area contributed by atoms with E-state index in [1.807, 2.05) is 0 Å². The summed E-state index contributed by atoms with van der Waals surface area (Å²) in [5.41, 5.74) is 0.